The molecular weight excluding hydrogens is 960 g/mol. The van der Waals surface area contributed by atoms with Gasteiger partial charge in [-0.05, 0) is 91.4 Å². The fraction of sp³-hybridized carbons (Fsp3) is 0.411. The number of aliphatic hydroxyl groups is 1. The predicted molar refractivity (Wildman–Crippen MR) is 284 cm³/mol. The Morgan fingerprint density at radius 2 is 1.67 bits per heavy atom. The lowest BCUT2D eigenvalue weighted by Gasteiger charge is -2.63. The van der Waals surface area contributed by atoms with Gasteiger partial charge in [-0.2, -0.15) is 10.4 Å². The quantitative estimate of drug-likeness (QED) is 0.0767. The molecule has 0 spiro atoms. The number of anilines is 2. The SMILES string of the molecule is Cc1ncsc1-c1ccc([C@H](C)NC(=O)[C@@H]2C[C@@H](O)CN2C(=O)[C@H](C(C)C)n2cc(-c3ccnc(N4CCC(Nc5ccc(C(=O)N[C@H]6C(C)(C)[C@H](Oc7ccc(C#N)c(Cl)c7)C6(C)C)cc5)C4)c3)cn2)cc1. The number of thiazole rings is 1. The van der Waals surface area contributed by atoms with Crippen molar-refractivity contribution in [3.05, 3.63) is 130 Å². The van der Waals surface area contributed by atoms with E-state index in [-0.39, 0.29) is 71.7 Å². The molecule has 380 valence electrons. The molecule has 0 bridgehead atoms. The molecule has 5 atom stereocenters. The molecular formula is C56H63ClN10O5S. The number of halogens is 1. The normalized spacial score (nSPS) is 21.8. The number of benzene rings is 3. The van der Waals surface area contributed by atoms with Gasteiger partial charge in [-0.1, -0.05) is 77.4 Å². The Hall–Kier alpha value is -6.80. The number of ether oxygens (including phenoxy) is 1. The molecule has 3 amide bonds. The van der Waals surface area contributed by atoms with Gasteiger partial charge in [-0.15, -0.1) is 11.3 Å². The molecule has 17 heteroatoms. The molecule has 5 heterocycles. The molecule has 15 nitrogen and oxygen atoms in total. The van der Waals surface area contributed by atoms with Crippen molar-refractivity contribution in [1.29, 1.82) is 5.26 Å². The molecule has 3 aromatic carbocycles. The largest absolute Gasteiger partial charge is 0.489 e. The number of hydrogen-bond donors (Lipinski definition) is 4. The van der Waals surface area contributed by atoms with Crippen LogP contribution in [0.1, 0.15) is 101 Å². The lowest BCUT2D eigenvalue weighted by atomic mass is 9.49. The van der Waals surface area contributed by atoms with Gasteiger partial charge in [0, 0.05) is 84.2 Å². The highest BCUT2D eigenvalue weighted by Gasteiger charge is 2.64. The van der Waals surface area contributed by atoms with E-state index in [4.69, 9.17) is 26.4 Å². The predicted octanol–water partition coefficient (Wildman–Crippen LogP) is 9.24. The molecule has 0 radical (unpaired) electrons. The van der Waals surface area contributed by atoms with Crippen LogP contribution >= 0.6 is 22.9 Å². The highest BCUT2D eigenvalue weighted by Crippen LogP contribution is 2.55. The summed E-state index contributed by atoms with van der Waals surface area (Å²) in [5.74, 6) is 0.519. The van der Waals surface area contributed by atoms with Gasteiger partial charge in [0.1, 0.15) is 35.8 Å². The van der Waals surface area contributed by atoms with Crippen LogP contribution in [0.2, 0.25) is 5.02 Å². The summed E-state index contributed by atoms with van der Waals surface area (Å²) in [5, 5.41) is 35.1. The third-order valence-electron chi connectivity index (χ3n) is 15.0. The van der Waals surface area contributed by atoms with Gasteiger partial charge in [0.05, 0.1) is 45.0 Å². The summed E-state index contributed by atoms with van der Waals surface area (Å²) in [4.78, 5) is 55.9. The number of hydrogen-bond acceptors (Lipinski definition) is 12. The zero-order valence-corrected chi connectivity index (χ0v) is 44.0. The number of aliphatic hydroxyl groups excluding tert-OH is 1. The Morgan fingerprint density at radius 1 is 0.932 bits per heavy atom. The summed E-state index contributed by atoms with van der Waals surface area (Å²) in [6.45, 7) is 17.7. The summed E-state index contributed by atoms with van der Waals surface area (Å²) in [7, 11) is 0. The van der Waals surface area contributed by atoms with E-state index >= 15 is 0 Å². The van der Waals surface area contributed by atoms with Crippen LogP contribution in [-0.4, -0.2) is 97.4 Å². The van der Waals surface area contributed by atoms with Crippen molar-refractivity contribution >= 4 is 52.2 Å². The summed E-state index contributed by atoms with van der Waals surface area (Å²) in [6, 6.07) is 24.9. The van der Waals surface area contributed by atoms with E-state index in [1.54, 1.807) is 46.6 Å². The average molecular weight is 1020 g/mol. The van der Waals surface area contributed by atoms with E-state index < -0.39 is 18.2 Å². The van der Waals surface area contributed by atoms with Crippen LogP contribution < -0.4 is 25.6 Å². The van der Waals surface area contributed by atoms with Gasteiger partial charge in [0.15, 0.2) is 0 Å². The molecule has 3 aromatic heterocycles. The molecule has 73 heavy (non-hydrogen) atoms. The fourth-order valence-corrected chi connectivity index (χ4v) is 12.4. The van der Waals surface area contributed by atoms with Crippen molar-refractivity contribution in [2.24, 2.45) is 16.7 Å². The van der Waals surface area contributed by atoms with Crippen LogP contribution in [0.4, 0.5) is 11.5 Å². The number of amides is 3. The average Bonchev–Trinajstić information content (AvgIpc) is 4.21. The number of nitriles is 1. The molecule has 6 aromatic rings. The Morgan fingerprint density at radius 3 is 2.34 bits per heavy atom. The topological polar surface area (TPSA) is 191 Å². The standard InChI is InChI=1S/C56H63ClN10O5S/c1-32(2)48(52(71)66-30-43(68)24-46(66)51(70)62-33(3)35-9-11-36(12-10-35)49-34(4)60-31-73-49)67-28-40(27-61-67)38-19-21-59-47(23-38)65-22-20-42(29-65)63-41-16-13-37(14-17-41)50(69)64-53-55(5,6)54(56(53,7)8)72-44-18-15-39(26-58)45(57)25-44/h9-19,21,23,25,27-28,31-33,42-43,46,48,53-54,63,68H,20,22,24,29-30H2,1-8H3,(H,62,70)(H,64,69)/t33-,42?,43+,46-,48-,53-,54-/m0/s1. The van der Waals surface area contributed by atoms with E-state index in [2.05, 4.69) is 59.6 Å². The summed E-state index contributed by atoms with van der Waals surface area (Å²) in [5.41, 5.74) is 7.64. The number of nitrogens with one attached hydrogen (secondary N) is 3. The number of carbonyl (C=O) groups excluding carboxylic acids is 3. The maximum atomic E-state index is 14.5. The number of rotatable bonds is 15. The lowest BCUT2D eigenvalue weighted by Crippen LogP contribution is -2.74. The number of aromatic nitrogens is 4. The molecule has 3 fully saturated rings. The number of aryl methyl sites for hydroxylation is 1. The summed E-state index contributed by atoms with van der Waals surface area (Å²) < 4.78 is 8.08. The molecule has 3 aliphatic rings. The molecule has 1 unspecified atom stereocenters. The Labute approximate surface area is 435 Å². The van der Waals surface area contributed by atoms with Crippen molar-refractivity contribution in [2.75, 3.05) is 29.9 Å². The van der Waals surface area contributed by atoms with Gasteiger partial charge >= 0.3 is 0 Å². The molecule has 1 aliphatic carbocycles. The third kappa shape index (κ3) is 10.4. The number of likely N-dealkylation sites (tertiary alicyclic amines) is 1. The first-order valence-electron chi connectivity index (χ1n) is 24.9. The zero-order valence-electron chi connectivity index (χ0n) is 42.5. The molecule has 2 saturated heterocycles. The number of β-amino-alcohol motifs (C(OH)–C–C–N with tert-alkyl or cyclic N) is 1. The minimum atomic E-state index is -0.828. The van der Waals surface area contributed by atoms with Gasteiger partial charge in [-0.25, -0.2) is 9.97 Å². The van der Waals surface area contributed by atoms with E-state index in [1.165, 1.54) is 4.90 Å². The van der Waals surface area contributed by atoms with Crippen molar-refractivity contribution in [2.45, 2.75) is 111 Å². The highest BCUT2D eigenvalue weighted by atomic mass is 35.5. The van der Waals surface area contributed by atoms with E-state index in [1.807, 2.05) is 100 Å². The molecule has 1 saturated carbocycles. The van der Waals surface area contributed by atoms with Gasteiger partial charge in [0.25, 0.3) is 5.91 Å². The van der Waals surface area contributed by atoms with Gasteiger partial charge < -0.3 is 35.6 Å². The van der Waals surface area contributed by atoms with Crippen LogP contribution in [0, 0.1) is 35.0 Å². The highest BCUT2D eigenvalue weighted by molar-refractivity contribution is 7.13. The van der Waals surface area contributed by atoms with Gasteiger partial charge in [0.2, 0.25) is 11.8 Å². The monoisotopic (exact) mass is 1020 g/mol. The number of nitrogens with zero attached hydrogens (tertiary/aromatic N) is 7. The molecule has 4 N–H and O–H groups in total. The first-order valence-corrected chi connectivity index (χ1v) is 26.2. The number of carbonyl (C=O) groups is 3. The van der Waals surface area contributed by atoms with Crippen LogP contribution in [0.15, 0.2) is 103 Å². The number of pyridine rings is 1. The van der Waals surface area contributed by atoms with E-state index in [0.29, 0.717) is 21.9 Å². The van der Waals surface area contributed by atoms with E-state index in [0.717, 1.165) is 63.8 Å². The second-order valence-corrected chi connectivity index (χ2v) is 22.5. The fourth-order valence-electron chi connectivity index (χ4n) is 11.3. The summed E-state index contributed by atoms with van der Waals surface area (Å²) >= 11 is 7.87. The van der Waals surface area contributed by atoms with Crippen molar-refractivity contribution in [1.82, 2.24) is 35.3 Å². The lowest BCUT2D eigenvalue weighted by molar-refractivity contribution is -0.164. The second kappa shape index (κ2) is 20.6. The maximum Gasteiger partial charge on any atom is 0.251 e. The van der Waals surface area contributed by atoms with Crippen LogP contribution in [0.3, 0.4) is 0 Å². The third-order valence-corrected chi connectivity index (χ3v) is 16.2. The smallest absolute Gasteiger partial charge is 0.251 e. The second-order valence-electron chi connectivity index (χ2n) is 21.3. The van der Waals surface area contributed by atoms with Crippen molar-refractivity contribution < 1.29 is 24.2 Å². The van der Waals surface area contributed by atoms with Crippen LogP contribution in [0.5, 0.6) is 5.75 Å². The van der Waals surface area contributed by atoms with Crippen molar-refractivity contribution in [3.63, 3.8) is 0 Å². The minimum absolute atomic E-state index is 0.0589. The Kier molecular flexibility index (Phi) is 14.4. The van der Waals surface area contributed by atoms with Gasteiger partial charge in [-0.3, -0.25) is 19.1 Å². The van der Waals surface area contributed by atoms with Crippen LogP contribution in [0.25, 0.3) is 21.6 Å². The Balaban J connectivity index is 0.789. The molecule has 2 aliphatic heterocycles. The Bertz CT molecular complexity index is 3020. The maximum absolute atomic E-state index is 14.5. The zero-order chi connectivity index (χ0) is 51.9. The molecule has 9 rings (SSSR count). The van der Waals surface area contributed by atoms with Crippen molar-refractivity contribution in [3.8, 4) is 33.4 Å². The minimum Gasteiger partial charge on any atom is -0.489 e. The first-order chi connectivity index (χ1) is 34.8. The van der Waals surface area contributed by atoms with Crippen LogP contribution in [-0.2, 0) is 9.59 Å². The first kappa shape index (κ1) is 51.1. The summed E-state index contributed by atoms with van der Waals surface area (Å²) in [6.07, 6.45) is 5.41. The van der Waals surface area contributed by atoms with E-state index in [9.17, 15) is 24.8 Å².